The molecule has 0 spiro atoms. The van der Waals surface area contributed by atoms with E-state index in [0.29, 0.717) is 11.3 Å². The monoisotopic (exact) mass is 388 g/mol. The highest BCUT2D eigenvalue weighted by molar-refractivity contribution is 8.17. The first-order valence-corrected chi connectivity index (χ1v) is 9.93. The van der Waals surface area contributed by atoms with Crippen LogP contribution in [0.2, 0.25) is 0 Å². The number of thioether (sulfide) groups is 2. The van der Waals surface area contributed by atoms with Crippen molar-refractivity contribution >= 4 is 40.9 Å². The molecule has 134 valence electrons. The van der Waals surface area contributed by atoms with E-state index in [9.17, 15) is 27.6 Å². The highest BCUT2D eigenvalue weighted by Crippen LogP contribution is 2.48. The minimum absolute atomic E-state index is 0.0422. The van der Waals surface area contributed by atoms with Gasteiger partial charge in [-0.05, 0) is 36.8 Å². The molecule has 1 fully saturated rings. The largest absolute Gasteiger partial charge is 0.417 e. The number of fused-ring (bicyclic) bond motifs is 1. The number of ketones is 3. The molecule has 8 heteroatoms. The van der Waals surface area contributed by atoms with Crippen LogP contribution in [0.25, 0.3) is 0 Å². The zero-order valence-electron chi connectivity index (χ0n) is 13.3. The van der Waals surface area contributed by atoms with E-state index < -0.39 is 40.6 Å². The molecule has 1 aromatic rings. The van der Waals surface area contributed by atoms with Crippen molar-refractivity contribution in [3.63, 3.8) is 0 Å². The Kier molecular flexibility index (Phi) is 5.03. The van der Waals surface area contributed by atoms with E-state index in [1.165, 1.54) is 29.6 Å². The lowest BCUT2D eigenvalue weighted by Crippen LogP contribution is -2.36. The normalized spacial score (nSPS) is 21.5. The Morgan fingerprint density at radius 3 is 2.40 bits per heavy atom. The van der Waals surface area contributed by atoms with E-state index in [2.05, 4.69) is 0 Å². The number of hydrogen-bond donors (Lipinski definition) is 0. The maximum absolute atomic E-state index is 13.7. The van der Waals surface area contributed by atoms with Crippen molar-refractivity contribution in [1.82, 2.24) is 0 Å². The van der Waals surface area contributed by atoms with Gasteiger partial charge >= 0.3 is 6.18 Å². The molecule has 2 aliphatic rings. The number of hydrogen-bond acceptors (Lipinski definition) is 5. The van der Waals surface area contributed by atoms with Crippen LogP contribution in [0.3, 0.4) is 0 Å². The van der Waals surface area contributed by atoms with Crippen LogP contribution in [-0.2, 0) is 22.2 Å². The smallest absolute Gasteiger partial charge is 0.298 e. The van der Waals surface area contributed by atoms with Crippen molar-refractivity contribution in [1.29, 1.82) is 0 Å². The Labute approximate surface area is 151 Å². The van der Waals surface area contributed by atoms with Crippen molar-refractivity contribution in [3.05, 3.63) is 28.8 Å². The molecule has 0 saturated heterocycles. The van der Waals surface area contributed by atoms with E-state index in [1.807, 2.05) is 6.26 Å². The van der Waals surface area contributed by atoms with Gasteiger partial charge in [0.05, 0.1) is 10.1 Å². The predicted octanol–water partition coefficient (Wildman–Crippen LogP) is 4.16. The maximum Gasteiger partial charge on any atom is 0.417 e. The fraction of sp³-hybridized carbons (Fsp3) is 0.471. The molecule has 1 heterocycles. The summed E-state index contributed by atoms with van der Waals surface area (Å²) < 4.78 is 41.1. The number of Topliss-reactive ketones (excluding diaryl/α,β-unsaturated/α-hetero) is 3. The number of carbonyl (C=O) groups is 3. The molecule has 1 atom stereocenters. The lowest BCUT2D eigenvalue weighted by Gasteiger charge is -2.21. The molecule has 0 bridgehead atoms. The first-order valence-electron chi connectivity index (χ1n) is 7.76. The van der Waals surface area contributed by atoms with Gasteiger partial charge in [0.15, 0.2) is 17.3 Å². The Hall–Kier alpha value is -1.28. The van der Waals surface area contributed by atoms with Crippen LogP contribution in [0, 0.1) is 5.92 Å². The van der Waals surface area contributed by atoms with E-state index >= 15 is 0 Å². The summed E-state index contributed by atoms with van der Waals surface area (Å²) in [5, 5.41) is 0. The summed E-state index contributed by atoms with van der Waals surface area (Å²) in [5.74, 6) is -3.75. The van der Waals surface area contributed by atoms with Crippen LogP contribution in [0.1, 0.15) is 40.7 Å². The number of halogens is 3. The fourth-order valence-corrected chi connectivity index (χ4v) is 5.34. The first-order chi connectivity index (χ1) is 11.7. The van der Waals surface area contributed by atoms with Gasteiger partial charge in [0.1, 0.15) is 5.92 Å². The third-order valence-corrected chi connectivity index (χ3v) is 7.09. The highest BCUT2D eigenvalue weighted by Gasteiger charge is 2.44. The van der Waals surface area contributed by atoms with Crippen LogP contribution in [-0.4, -0.2) is 28.2 Å². The minimum atomic E-state index is -4.72. The summed E-state index contributed by atoms with van der Waals surface area (Å²) in [7, 11) is 0. The maximum atomic E-state index is 13.7. The van der Waals surface area contributed by atoms with Gasteiger partial charge in [-0.1, -0.05) is 0 Å². The molecule has 1 aromatic carbocycles. The summed E-state index contributed by atoms with van der Waals surface area (Å²) in [6.45, 7) is 0. The molecular weight excluding hydrogens is 373 g/mol. The second kappa shape index (κ2) is 6.79. The van der Waals surface area contributed by atoms with Gasteiger partial charge in [0.2, 0.25) is 0 Å². The van der Waals surface area contributed by atoms with E-state index in [4.69, 9.17) is 0 Å². The van der Waals surface area contributed by atoms with E-state index in [0.717, 1.165) is 6.07 Å². The summed E-state index contributed by atoms with van der Waals surface area (Å²) in [5.41, 5.74) is -1.44. The average molecular weight is 388 g/mol. The molecule has 3 rings (SSSR count). The summed E-state index contributed by atoms with van der Waals surface area (Å²) in [6, 6.07) is 2.62. The molecule has 25 heavy (non-hydrogen) atoms. The Balaban J connectivity index is 2.09. The van der Waals surface area contributed by atoms with Gasteiger partial charge in [-0.2, -0.15) is 24.9 Å². The Bertz CT molecular complexity index is 742. The fourth-order valence-electron chi connectivity index (χ4n) is 3.31. The molecular formula is C17H15F3O3S2. The van der Waals surface area contributed by atoms with Gasteiger partial charge in [-0.25, -0.2) is 0 Å². The quantitative estimate of drug-likeness (QED) is 0.575. The van der Waals surface area contributed by atoms with Crippen LogP contribution in [0.5, 0.6) is 0 Å². The minimum Gasteiger partial charge on any atom is -0.298 e. The highest BCUT2D eigenvalue weighted by atomic mass is 32.2. The van der Waals surface area contributed by atoms with E-state index in [1.54, 1.807) is 0 Å². The van der Waals surface area contributed by atoms with Gasteiger partial charge in [-0.3, -0.25) is 14.4 Å². The second-order valence-electron chi connectivity index (χ2n) is 6.03. The van der Waals surface area contributed by atoms with Gasteiger partial charge < -0.3 is 0 Å². The topological polar surface area (TPSA) is 51.2 Å². The van der Waals surface area contributed by atoms with Crippen molar-refractivity contribution in [2.45, 2.75) is 41.3 Å². The van der Waals surface area contributed by atoms with Crippen LogP contribution in [0.4, 0.5) is 13.2 Å². The lowest BCUT2D eigenvalue weighted by molar-refractivity contribution is -0.139. The molecule has 0 aromatic heterocycles. The predicted molar refractivity (Wildman–Crippen MR) is 90.0 cm³/mol. The third-order valence-electron chi connectivity index (χ3n) is 4.46. The molecule has 1 unspecified atom stereocenters. The standard InChI is InChI=1S/C17H15F3O3S2/c1-24-13-7-9-12(25-13)6-5-8(15(9)17(18,19)20)16(23)14-10(21)3-2-4-11(14)22/h5-6,13-14H,2-4,7H2,1H3. The molecule has 1 aliphatic heterocycles. The van der Waals surface area contributed by atoms with Gasteiger partial charge in [0, 0.05) is 23.3 Å². The van der Waals surface area contributed by atoms with Crippen molar-refractivity contribution in [2.75, 3.05) is 6.26 Å². The van der Waals surface area contributed by atoms with Gasteiger partial charge in [-0.15, -0.1) is 11.8 Å². The Morgan fingerprint density at radius 1 is 1.20 bits per heavy atom. The molecule has 0 N–H and O–H groups in total. The number of carbonyl (C=O) groups excluding carboxylic acids is 3. The molecule has 3 nitrogen and oxygen atoms in total. The van der Waals surface area contributed by atoms with Crippen molar-refractivity contribution < 1.29 is 27.6 Å². The molecule has 1 saturated carbocycles. The second-order valence-corrected chi connectivity index (χ2v) is 8.62. The SMILES string of the molecule is CSC1Cc2c(ccc(C(=O)C3C(=O)CCCC3=O)c2C(F)(F)F)S1. The van der Waals surface area contributed by atoms with Crippen molar-refractivity contribution in [2.24, 2.45) is 5.92 Å². The zero-order valence-corrected chi connectivity index (χ0v) is 14.9. The first kappa shape index (κ1) is 18.5. The van der Waals surface area contributed by atoms with Crippen LogP contribution in [0.15, 0.2) is 17.0 Å². The number of rotatable bonds is 3. The summed E-state index contributed by atoms with van der Waals surface area (Å²) >= 11 is 2.80. The molecule has 0 radical (unpaired) electrons. The molecule has 0 amide bonds. The Morgan fingerprint density at radius 2 is 1.84 bits per heavy atom. The zero-order chi connectivity index (χ0) is 18.4. The number of benzene rings is 1. The average Bonchev–Trinajstić information content (AvgIpc) is 2.95. The summed E-state index contributed by atoms with van der Waals surface area (Å²) in [6.07, 6.45) is -2.24. The lowest BCUT2D eigenvalue weighted by atomic mass is 9.80. The van der Waals surface area contributed by atoms with Gasteiger partial charge in [0.25, 0.3) is 0 Å². The number of alkyl halides is 3. The van der Waals surface area contributed by atoms with E-state index in [-0.39, 0.29) is 29.4 Å². The summed E-state index contributed by atoms with van der Waals surface area (Å²) in [4.78, 5) is 37.2. The molecule has 1 aliphatic carbocycles. The third kappa shape index (κ3) is 3.38. The van der Waals surface area contributed by atoms with Crippen LogP contribution >= 0.6 is 23.5 Å². The van der Waals surface area contributed by atoms with Crippen LogP contribution < -0.4 is 0 Å². The van der Waals surface area contributed by atoms with Crippen molar-refractivity contribution in [3.8, 4) is 0 Å².